The first-order chi connectivity index (χ1) is 17.2. The van der Waals surface area contributed by atoms with Crippen molar-refractivity contribution in [3.05, 3.63) is 74.9 Å². The number of sulfone groups is 1. The smallest absolute Gasteiger partial charge is 0.417 e. The number of furan rings is 1. The number of hydrogen-bond acceptors (Lipinski definition) is 7. The van der Waals surface area contributed by atoms with Crippen LogP contribution >= 0.6 is 23.2 Å². The van der Waals surface area contributed by atoms with E-state index in [4.69, 9.17) is 27.6 Å². The summed E-state index contributed by atoms with van der Waals surface area (Å²) in [6, 6.07) is 5.94. The van der Waals surface area contributed by atoms with Crippen LogP contribution in [0.2, 0.25) is 10.0 Å². The predicted molar refractivity (Wildman–Crippen MR) is 130 cm³/mol. The molecule has 15 heteroatoms. The molecule has 0 aliphatic heterocycles. The maximum absolute atomic E-state index is 13.2. The zero-order valence-electron chi connectivity index (χ0n) is 19.0. The first-order valence-electron chi connectivity index (χ1n) is 10.2. The molecular formula is C22H17Cl2F3N4O5S. The van der Waals surface area contributed by atoms with Gasteiger partial charge in [-0.15, -0.1) is 0 Å². The van der Waals surface area contributed by atoms with Crippen molar-refractivity contribution >= 4 is 56.8 Å². The molecule has 2 N–H and O–H groups in total. The molecule has 2 aromatic heterocycles. The Bertz CT molecular complexity index is 1500. The maximum Gasteiger partial charge on any atom is 0.417 e. The number of carbonyl (C=O) groups is 2. The lowest BCUT2D eigenvalue weighted by Gasteiger charge is -2.15. The van der Waals surface area contributed by atoms with Crippen LogP contribution in [0.15, 0.2) is 50.9 Å². The number of aryl methyl sites for hydroxylation is 1. The Morgan fingerprint density at radius 2 is 1.86 bits per heavy atom. The molecule has 9 nitrogen and oxygen atoms in total. The third-order valence-electron chi connectivity index (χ3n) is 4.77. The lowest BCUT2D eigenvalue weighted by atomic mass is 10.1. The Hall–Kier alpha value is -3.42. The molecule has 0 aliphatic rings. The number of pyridine rings is 1. The van der Waals surface area contributed by atoms with E-state index in [1.54, 1.807) is 19.1 Å². The van der Waals surface area contributed by atoms with Gasteiger partial charge in [0.15, 0.2) is 9.84 Å². The van der Waals surface area contributed by atoms with E-state index in [1.807, 2.05) is 0 Å². The maximum atomic E-state index is 13.2. The van der Waals surface area contributed by atoms with E-state index >= 15 is 0 Å². The van der Waals surface area contributed by atoms with E-state index < -0.39 is 49.7 Å². The lowest BCUT2D eigenvalue weighted by molar-refractivity contribution is -0.138. The number of aromatic nitrogens is 1. The summed E-state index contributed by atoms with van der Waals surface area (Å²) in [5, 5.41) is 5.78. The van der Waals surface area contributed by atoms with Gasteiger partial charge in [0.25, 0.3) is 11.8 Å². The molecule has 0 bridgehead atoms. The number of hydrazone groups is 1. The second-order valence-electron chi connectivity index (χ2n) is 7.38. The molecule has 0 saturated heterocycles. The van der Waals surface area contributed by atoms with E-state index in [0.717, 1.165) is 6.07 Å². The van der Waals surface area contributed by atoms with Crippen LogP contribution in [0.5, 0.6) is 0 Å². The van der Waals surface area contributed by atoms with Crippen LogP contribution in [-0.2, 0) is 16.0 Å². The topological polar surface area (TPSA) is 131 Å². The highest BCUT2D eigenvalue weighted by Crippen LogP contribution is 2.33. The van der Waals surface area contributed by atoms with Crippen LogP contribution in [0.1, 0.15) is 44.9 Å². The van der Waals surface area contributed by atoms with Crippen LogP contribution in [0, 0.1) is 6.92 Å². The molecule has 1 aromatic carbocycles. The summed E-state index contributed by atoms with van der Waals surface area (Å²) in [5.74, 6) is -1.75. The lowest BCUT2D eigenvalue weighted by Crippen LogP contribution is -2.24. The highest BCUT2D eigenvalue weighted by Gasteiger charge is 2.34. The van der Waals surface area contributed by atoms with Crippen molar-refractivity contribution < 1.29 is 35.6 Å². The zero-order valence-corrected chi connectivity index (χ0v) is 21.3. The number of carbonyl (C=O) groups excluding carboxylic acids is 2. The Morgan fingerprint density at radius 3 is 2.46 bits per heavy atom. The monoisotopic (exact) mass is 576 g/mol. The fraction of sp³-hybridized carbons (Fsp3) is 0.182. The number of rotatable bonds is 7. The first kappa shape index (κ1) is 28.2. The third-order valence-corrected chi connectivity index (χ3v) is 7.03. The zero-order chi connectivity index (χ0) is 27.5. The number of benzene rings is 1. The molecule has 3 rings (SSSR count). The number of amides is 2. The van der Waals surface area contributed by atoms with Crippen molar-refractivity contribution in [1.29, 1.82) is 0 Å². The molecule has 0 fully saturated rings. The molecule has 0 aliphatic carbocycles. The van der Waals surface area contributed by atoms with Gasteiger partial charge in [0.2, 0.25) is 0 Å². The Kier molecular flexibility index (Phi) is 8.30. The van der Waals surface area contributed by atoms with Crippen LogP contribution in [0.4, 0.5) is 18.9 Å². The van der Waals surface area contributed by atoms with Gasteiger partial charge in [-0.25, -0.2) is 18.8 Å². The first-order valence-corrected chi connectivity index (χ1v) is 12.6. The number of anilines is 1. The second kappa shape index (κ2) is 10.9. The second-order valence-corrected chi connectivity index (χ2v) is 10.5. The van der Waals surface area contributed by atoms with E-state index in [-0.39, 0.29) is 21.3 Å². The summed E-state index contributed by atoms with van der Waals surface area (Å²) in [7, 11) is -4.31. The van der Waals surface area contributed by atoms with Crippen molar-refractivity contribution in [2.45, 2.75) is 24.9 Å². The SMILES string of the molecule is CCS(=O)(=O)c1cc(C(F)(F)F)cnc1C(=O)Nc1c(Cl)cc(Cl)cc1C(=O)NN=Cc1ccc(C)o1. The normalized spacial score (nSPS) is 12.1. The summed E-state index contributed by atoms with van der Waals surface area (Å²) in [4.78, 5) is 28.3. The number of nitrogens with zero attached hydrogens (tertiary/aromatic N) is 2. The molecule has 2 heterocycles. The van der Waals surface area contributed by atoms with E-state index in [9.17, 15) is 31.2 Å². The van der Waals surface area contributed by atoms with Gasteiger partial charge in [0.05, 0.1) is 38.7 Å². The summed E-state index contributed by atoms with van der Waals surface area (Å²) in [6.07, 6.45) is -3.37. The highest BCUT2D eigenvalue weighted by molar-refractivity contribution is 7.91. The number of nitrogens with one attached hydrogen (secondary N) is 2. The van der Waals surface area contributed by atoms with Gasteiger partial charge in [0, 0.05) is 11.2 Å². The van der Waals surface area contributed by atoms with Crippen LogP contribution < -0.4 is 10.7 Å². The molecule has 0 unspecified atom stereocenters. The molecule has 0 atom stereocenters. The highest BCUT2D eigenvalue weighted by atomic mass is 35.5. The Balaban J connectivity index is 1.98. The van der Waals surface area contributed by atoms with Gasteiger partial charge < -0.3 is 9.73 Å². The van der Waals surface area contributed by atoms with Crippen molar-refractivity contribution in [3.63, 3.8) is 0 Å². The van der Waals surface area contributed by atoms with Gasteiger partial charge in [-0.05, 0) is 37.3 Å². The van der Waals surface area contributed by atoms with Crippen LogP contribution in [-0.4, -0.2) is 37.2 Å². The largest absolute Gasteiger partial charge is 0.460 e. The number of alkyl halides is 3. The average Bonchev–Trinajstić information content (AvgIpc) is 3.24. The molecular weight excluding hydrogens is 560 g/mol. The van der Waals surface area contributed by atoms with Crippen LogP contribution in [0.25, 0.3) is 0 Å². The standard InChI is InChI=1S/C22H17Cl2F3N4O5S/c1-3-37(34,35)17-6-12(22(25,26)27)9-28-19(17)21(33)30-18-15(7-13(23)8-16(18)24)20(32)31-29-10-14-5-4-11(2)36-14/h4-10H,3H2,1-2H3,(H,30,33)(H,31,32). The van der Waals surface area contributed by atoms with Gasteiger partial charge in [-0.2, -0.15) is 18.3 Å². The Morgan fingerprint density at radius 1 is 1.16 bits per heavy atom. The molecule has 3 aromatic rings. The molecule has 196 valence electrons. The van der Waals surface area contributed by atoms with Gasteiger partial charge in [0.1, 0.15) is 17.2 Å². The summed E-state index contributed by atoms with van der Waals surface area (Å²) in [5.41, 5.74) is -0.557. The van der Waals surface area contributed by atoms with E-state index in [0.29, 0.717) is 23.8 Å². The minimum Gasteiger partial charge on any atom is -0.460 e. The summed E-state index contributed by atoms with van der Waals surface area (Å²) in [6.45, 7) is 2.90. The van der Waals surface area contributed by atoms with Gasteiger partial charge in [-0.1, -0.05) is 30.1 Å². The minimum atomic E-state index is -4.90. The summed E-state index contributed by atoms with van der Waals surface area (Å²) < 4.78 is 69.7. The number of halogens is 5. The van der Waals surface area contributed by atoms with Crippen LogP contribution in [0.3, 0.4) is 0 Å². The number of hydrogen-bond donors (Lipinski definition) is 2. The predicted octanol–water partition coefficient (Wildman–Crippen LogP) is 5.12. The minimum absolute atomic E-state index is 0.0145. The Labute approximate surface area is 218 Å². The molecule has 0 saturated carbocycles. The molecule has 2 amide bonds. The van der Waals surface area contributed by atoms with E-state index in [2.05, 4.69) is 20.8 Å². The quantitative estimate of drug-likeness (QED) is 0.296. The van der Waals surface area contributed by atoms with Crippen molar-refractivity contribution in [2.75, 3.05) is 11.1 Å². The fourth-order valence-corrected chi connectivity index (χ4v) is 4.55. The molecule has 37 heavy (non-hydrogen) atoms. The average molecular weight is 577 g/mol. The third kappa shape index (κ3) is 6.67. The fourth-order valence-electron chi connectivity index (χ4n) is 2.95. The molecule has 0 spiro atoms. The molecule has 0 radical (unpaired) electrons. The van der Waals surface area contributed by atoms with Crippen molar-refractivity contribution in [2.24, 2.45) is 5.10 Å². The van der Waals surface area contributed by atoms with E-state index in [1.165, 1.54) is 19.2 Å². The van der Waals surface area contributed by atoms with Gasteiger partial charge >= 0.3 is 6.18 Å². The van der Waals surface area contributed by atoms with Gasteiger partial charge in [-0.3, -0.25) is 9.59 Å². The summed E-state index contributed by atoms with van der Waals surface area (Å²) >= 11 is 12.2. The van der Waals surface area contributed by atoms with Crippen molar-refractivity contribution in [1.82, 2.24) is 10.4 Å². The van der Waals surface area contributed by atoms with Crippen molar-refractivity contribution in [3.8, 4) is 0 Å².